The van der Waals surface area contributed by atoms with Crippen LogP contribution in [0.2, 0.25) is 0 Å². The minimum absolute atomic E-state index is 0.0400. The second-order valence-corrected chi connectivity index (χ2v) is 14.9. The summed E-state index contributed by atoms with van der Waals surface area (Å²) in [7, 11) is 0. The molecular weight excluding hydrogens is 789 g/mol. The van der Waals surface area contributed by atoms with Crippen LogP contribution in [0.3, 0.4) is 0 Å². The van der Waals surface area contributed by atoms with Gasteiger partial charge in [0.2, 0.25) is 11.6 Å². The van der Waals surface area contributed by atoms with E-state index in [-0.39, 0.29) is 41.1 Å². The van der Waals surface area contributed by atoms with Gasteiger partial charge in [-0.1, -0.05) is 54.1 Å². The summed E-state index contributed by atoms with van der Waals surface area (Å²) in [5.74, 6) is -8.55. The first kappa shape index (κ1) is 39.3. The Labute approximate surface area is 345 Å². The van der Waals surface area contributed by atoms with Crippen molar-refractivity contribution in [2.45, 2.75) is 25.9 Å². The van der Waals surface area contributed by atoms with Gasteiger partial charge in [-0.2, -0.15) is 8.78 Å². The van der Waals surface area contributed by atoms with E-state index in [0.717, 1.165) is 11.1 Å². The maximum absolute atomic E-state index is 16.5. The zero-order chi connectivity index (χ0) is 42.5. The number of aromatic amines is 2. The van der Waals surface area contributed by atoms with E-state index in [9.17, 15) is 20.4 Å². The lowest BCUT2D eigenvalue weighted by Gasteiger charge is -2.15. The number of ether oxygens (including phenoxy) is 1. The maximum Gasteiger partial charge on any atom is 0.204 e. The van der Waals surface area contributed by atoms with Crippen molar-refractivity contribution >= 4 is 34.2 Å². The number of aliphatic hydroxyl groups excluding tert-OH is 2. The Morgan fingerprint density at radius 1 is 0.590 bits per heavy atom. The van der Waals surface area contributed by atoms with E-state index >= 15 is 17.6 Å². The number of aromatic nitrogens is 4. The number of aryl methyl sites for hydroxylation is 3. The first-order valence-electron chi connectivity index (χ1n) is 19.4. The van der Waals surface area contributed by atoms with E-state index in [1.54, 1.807) is 42.5 Å². The van der Waals surface area contributed by atoms with Gasteiger partial charge in [0.05, 0.1) is 34.9 Å². The highest BCUT2D eigenvalue weighted by molar-refractivity contribution is 5.97. The molecule has 4 aromatic carbocycles. The second-order valence-electron chi connectivity index (χ2n) is 14.9. The molecule has 6 N–H and O–H groups in total. The third kappa shape index (κ3) is 7.17. The van der Waals surface area contributed by atoms with Crippen LogP contribution in [0.15, 0.2) is 97.1 Å². The van der Waals surface area contributed by atoms with Crippen LogP contribution in [0.25, 0.3) is 78.7 Å². The molecule has 13 heteroatoms. The number of rotatable bonds is 8. The highest BCUT2D eigenvalue weighted by Gasteiger charge is 2.31. The molecule has 2 aliphatic heterocycles. The van der Waals surface area contributed by atoms with Gasteiger partial charge in [0.25, 0.3) is 0 Å². The van der Waals surface area contributed by atoms with Crippen LogP contribution in [0.4, 0.5) is 17.6 Å². The molecular formula is C48H36F4N4O5. The van der Waals surface area contributed by atoms with E-state index < -0.39 is 53.9 Å². The smallest absolute Gasteiger partial charge is 0.204 e. The Balaban J connectivity index is 1.45. The van der Waals surface area contributed by atoms with Gasteiger partial charge in [-0.25, -0.2) is 13.8 Å². The average Bonchev–Trinajstić information content (AvgIpc) is 4.09. The zero-order valence-corrected chi connectivity index (χ0v) is 32.4. The van der Waals surface area contributed by atoms with Gasteiger partial charge < -0.3 is 35.1 Å². The lowest BCUT2D eigenvalue weighted by atomic mass is 9.98. The summed E-state index contributed by atoms with van der Waals surface area (Å²) in [4.78, 5) is 16.9. The van der Waals surface area contributed by atoms with Crippen LogP contribution in [-0.4, -0.2) is 59.7 Å². The van der Waals surface area contributed by atoms with E-state index in [4.69, 9.17) is 14.7 Å². The summed E-state index contributed by atoms with van der Waals surface area (Å²) in [6.07, 6.45) is 2.43. The molecule has 1 unspecified atom stereocenters. The minimum Gasteiger partial charge on any atom is -0.508 e. The molecule has 2 aliphatic rings. The quantitative estimate of drug-likeness (QED) is 0.0661. The van der Waals surface area contributed by atoms with Gasteiger partial charge in [-0.3, -0.25) is 4.98 Å². The number of hydrogen-bond donors (Lipinski definition) is 6. The Hall–Kier alpha value is -7.22. The molecule has 3 aromatic heterocycles. The number of fused-ring (bicyclic) bond motifs is 8. The Morgan fingerprint density at radius 2 is 1.07 bits per heavy atom. The van der Waals surface area contributed by atoms with Crippen LogP contribution < -0.4 is 4.74 Å². The van der Waals surface area contributed by atoms with Crippen molar-refractivity contribution in [3.8, 4) is 61.8 Å². The molecule has 9 nitrogen and oxygen atoms in total. The fourth-order valence-electron chi connectivity index (χ4n) is 8.00. The highest BCUT2D eigenvalue weighted by Crippen LogP contribution is 2.42. The van der Waals surface area contributed by atoms with Crippen LogP contribution in [-0.2, 0) is 12.8 Å². The van der Waals surface area contributed by atoms with Crippen molar-refractivity contribution in [2.75, 3.05) is 13.2 Å². The molecule has 0 spiro atoms. The maximum atomic E-state index is 16.5. The van der Waals surface area contributed by atoms with Gasteiger partial charge in [0, 0.05) is 44.3 Å². The number of phenolic OH excluding ortho intramolecular Hbond substituents is 2. The number of H-pyrrole nitrogens is 2. The van der Waals surface area contributed by atoms with Gasteiger partial charge in [-0.05, 0) is 97.1 Å². The summed E-state index contributed by atoms with van der Waals surface area (Å²) in [5, 5.41) is 40.2. The van der Waals surface area contributed by atoms with Crippen molar-refractivity contribution < 1.29 is 42.7 Å². The predicted molar refractivity (Wildman–Crippen MR) is 226 cm³/mol. The van der Waals surface area contributed by atoms with Crippen LogP contribution in [0.1, 0.15) is 28.3 Å². The van der Waals surface area contributed by atoms with Gasteiger partial charge in [0.1, 0.15) is 24.2 Å². The number of phenols is 2. The normalized spacial score (nSPS) is 12.8. The number of aliphatic hydroxyl groups is 2. The van der Waals surface area contributed by atoms with Crippen molar-refractivity contribution in [2.24, 2.45) is 0 Å². The van der Waals surface area contributed by atoms with Crippen LogP contribution >= 0.6 is 0 Å². The number of benzene rings is 4. The molecule has 0 radical (unpaired) electrons. The third-order valence-corrected chi connectivity index (χ3v) is 10.7. The molecule has 0 aliphatic carbocycles. The topological polar surface area (TPSA) is 148 Å². The highest BCUT2D eigenvalue weighted by atomic mass is 19.2. The fraction of sp³-hybridized carbons (Fsp3) is 0.125. The monoisotopic (exact) mass is 824 g/mol. The molecule has 61 heavy (non-hydrogen) atoms. The predicted octanol–water partition coefficient (Wildman–Crippen LogP) is 9.95. The molecule has 7 aromatic rings. The summed E-state index contributed by atoms with van der Waals surface area (Å²) in [5.41, 5.74) is 6.89. The van der Waals surface area contributed by atoms with Gasteiger partial charge >= 0.3 is 0 Å². The molecule has 9 rings (SSSR count). The number of halogens is 4. The number of nitrogens with zero attached hydrogens (tertiary/aromatic N) is 2. The number of aromatic hydroxyl groups is 2. The summed E-state index contributed by atoms with van der Waals surface area (Å²) >= 11 is 0. The summed E-state index contributed by atoms with van der Waals surface area (Å²) in [6.45, 7) is 0.299. The lowest BCUT2D eigenvalue weighted by Crippen LogP contribution is -2.22. The number of hydrogen-bond acceptors (Lipinski definition) is 7. The Morgan fingerprint density at radius 3 is 1.57 bits per heavy atom. The van der Waals surface area contributed by atoms with Gasteiger partial charge in [-0.15, -0.1) is 0 Å². The molecule has 5 heterocycles. The van der Waals surface area contributed by atoms with Gasteiger partial charge in [0.15, 0.2) is 17.4 Å². The molecule has 306 valence electrons. The molecule has 0 fully saturated rings. The zero-order valence-electron chi connectivity index (χ0n) is 32.4. The SMILES string of the molecule is Cc1cccc(-c2c3nc(c(-c4c(F)c(F)c(OCC(O)CO)c(F)c4F)c4ccc([nH]4)c(-c4cccc(O)c4)c4nc(c(-c5cccc(O)c5)c5ccc2[nH]5)C=C4)CC3)c1. The largest absolute Gasteiger partial charge is 0.508 e. The molecule has 8 bridgehead atoms. The number of nitrogens with one attached hydrogen (secondary N) is 2. The first-order chi connectivity index (χ1) is 29.5. The Kier molecular flexibility index (Phi) is 10.1. The summed E-state index contributed by atoms with van der Waals surface area (Å²) in [6, 6.07) is 28.0. The van der Waals surface area contributed by atoms with E-state index in [1.807, 2.05) is 55.5 Å². The van der Waals surface area contributed by atoms with Crippen molar-refractivity contribution in [1.82, 2.24) is 19.9 Å². The van der Waals surface area contributed by atoms with Crippen molar-refractivity contribution in [1.29, 1.82) is 0 Å². The Bertz CT molecular complexity index is 3070. The van der Waals surface area contributed by atoms with Crippen molar-refractivity contribution in [3.63, 3.8) is 0 Å². The minimum atomic E-state index is -1.83. The molecule has 0 amide bonds. The van der Waals surface area contributed by atoms with E-state index in [1.165, 1.54) is 18.2 Å². The fourth-order valence-corrected chi connectivity index (χ4v) is 8.00. The van der Waals surface area contributed by atoms with Crippen LogP contribution in [0, 0.1) is 30.2 Å². The lowest BCUT2D eigenvalue weighted by molar-refractivity contribution is 0.0504. The second kappa shape index (κ2) is 15.8. The van der Waals surface area contributed by atoms with E-state index in [0.29, 0.717) is 61.4 Å². The first-order valence-corrected chi connectivity index (χ1v) is 19.4. The average molecular weight is 825 g/mol. The van der Waals surface area contributed by atoms with E-state index in [2.05, 4.69) is 9.97 Å². The molecule has 1 atom stereocenters. The molecule has 0 saturated heterocycles. The summed E-state index contributed by atoms with van der Waals surface area (Å²) < 4.78 is 69.7. The van der Waals surface area contributed by atoms with Crippen LogP contribution in [0.5, 0.6) is 17.2 Å². The van der Waals surface area contributed by atoms with Crippen molar-refractivity contribution in [3.05, 3.63) is 149 Å². The standard InChI is InChI=1S/C48H36F4N4O5/c1-24-5-2-6-25(19-24)39-31-11-12-33(53-31)40(26-7-3-9-28(58)20-26)34-13-14-35(54-34)41(27-8-4-10-29(59)21-27)36-16-18-38(56-36)42(37-17-15-32(39)55-37)43-44(49)46(51)48(47(52)45(43)50)61-23-30(60)22-57/h2-14,16,18-21,30,53,56-60H,15,17,22-23H2,1H3. The molecule has 0 saturated carbocycles. The third-order valence-electron chi connectivity index (χ3n) is 10.7.